The Kier molecular flexibility index (Phi) is 21.5. The van der Waals surface area contributed by atoms with Crippen LogP contribution in [-0.4, -0.2) is 138 Å². The Balaban J connectivity index is 0.911. The van der Waals surface area contributed by atoms with Crippen molar-refractivity contribution >= 4 is 83.6 Å². The van der Waals surface area contributed by atoms with Gasteiger partial charge in [-0.05, 0) is 94.8 Å². The summed E-state index contributed by atoms with van der Waals surface area (Å²) in [5.41, 5.74) is 9.32. The molecule has 2 aliphatic rings. The first-order chi connectivity index (χ1) is 37.4. The monoisotopic (exact) mass is 1220 g/mol. The van der Waals surface area contributed by atoms with Gasteiger partial charge in [0.1, 0.15) is 46.8 Å². The maximum absolute atomic E-state index is 12.7. The summed E-state index contributed by atoms with van der Waals surface area (Å²) in [5.74, 6) is -0.104. The number of nitrogens with zero attached hydrogens (tertiary/aromatic N) is 6. The van der Waals surface area contributed by atoms with E-state index in [0.717, 1.165) is 23.4 Å². The number of ether oxygens (including phenoxy) is 1. The zero-order valence-electron chi connectivity index (χ0n) is 44.4. The van der Waals surface area contributed by atoms with E-state index in [9.17, 15) is 69.3 Å². The summed E-state index contributed by atoms with van der Waals surface area (Å²) in [6.07, 6.45) is 6.10. The lowest BCUT2D eigenvalue weighted by molar-refractivity contribution is -0.438. The smallest absolute Gasteiger partial charge is 0.489 e. The van der Waals surface area contributed by atoms with Crippen LogP contribution < -0.4 is 21.0 Å². The molecule has 80 heavy (non-hydrogen) atoms. The van der Waals surface area contributed by atoms with Gasteiger partial charge in [-0.25, -0.2) is 42.2 Å². The van der Waals surface area contributed by atoms with E-state index in [4.69, 9.17) is 10.5 Å². The molecule has 0 aliphatic carbocycles. The number of nitrogens with one attached hydrogen (secondary N) is 2. The summed E-state index contributed by atoms with van der Waals surface area (Å²) in [4.78, 5) is 56.3. The predicted octanol–water partition coefficient (Wildman–Crippen LogP) is 5.06. The SMILES string of the molecule is CCN(/C(=C/C=C/C1=[N+](CCCCCC(=O)NCCCCCCNP(=O)(O)OP(=O)(O)OP(=O)(O)OC[C@H]2O[C@@H](n3cnc4c(N)ncnc43)[C@H](O)[C@@H]2O)c2ccc(S(=O)(=O)O)cc2C1(C)C)C(C)C)c1ccc(S(=O)(=O)[O-])cc1. The minimum atomic E-state index is -5.75. The second kappa shape index (κ2) is 26.7. The molecule has 3 unspecified atom stereocenters. The number of carbonyl (C=O) groups is 1. The number of phosphoric acid groups is 2. The third kappa shape index (κ3) is 16.7. The lowest BCUT2D eigenvalue weighted by Crippen LogP contribution is -2.33. The standard InChI is InChI=1S/C47H68N9O19P3S2/c1-6-54(32-18-20-33(21-19-32)79(66,67)68)36(31(2)3)15-14-16-39-47(4,5)35-27-34(80(69,70)71)22-23-37(35)55(39)26-13-9-10-17-40(57)49-24-11-7-8-12-25-53-76(60,61)74-78(64,65)75-77(62,63)72-28-38-42(58)43(59)46(73-38)56-30-52-41-44(48)50-29-51-45(41)56/h14-16,18-23,27,29-31,38,42-43,46,58-59H,6-13,17,24-26,28H2,1-5H3,(H8-,48,49,50,51,53,57,60,61,62,63,64,65,66,67,68,69,70,71)/t38-,42-,43-,46-/m1/s1. The number of hydrogen-bond donors (Lipinski definition) is 9. The van der Waals surface area contributed by atoms with E-state index >= 15 is 0 Å². The maximum atomic E-state index is 12.7. The van der Waals surface area contributed by atoms with Crippen LogP contribution >= 0.6 is 23.4 Å². The minimum absolute atomic E-state index is 0.0246. The van der Waals surface area contributed by atoms with Crippen LogP contribution in [0.4, 0.5) is 17.2 Å². The number of amides is 1. The number of allylic oxidation sites excluding steroid dienone is 4. The van der Waals surface area contributed by atoms with Crippen LogP contribution in [0.2, 0.25) is 0 Å². The van der Waals surface area contributed by atoms with Gasteiger partial charge in [0.25, 0.3) is 10.1 Å². The van der Waals surface area contributed by atoms with Gasteiger partial charge >= 0.3 is 23.4 Å². The molecule has 0 bridgehead atoms. The topological polar surface area (TPSA) is 418 Å². The van der Waals surface area contributed by atoms with Crippen molar-refractivity contribution in [3.05, 3.63) is 84.6 Å². The lowest BCUT2D eigenvalue weighted by atomic mass is 9.81. The quantitative estimate of drug-likeness (QED) is 0.0108. The molecule has 2 aromatic carbocycles. The molecule has 7 atom stereocenters. The Morgan fingerprint density at radius 2 is 1.59 bits per heavy atom. The van der Waals surface area contributed by atoms with Gasteiger partial charge in [0.2, 0.25) is 11.6 Å². The van der Waals surface area contributed by atoms with Crippen LogP contribution in [0.1, 0.15) is 97.8 Å². The van der Waals surface area contributed by atoms with E-state index in [1.807, 2.05) is 57.7 Å². The average molecular weight is 1220 g/mol. The molecule has 10 N–H and O–H groups in total. The number of fused-ring (bicyclic) bond motifs is 2. The molecule has 1 saturated heterocycles. The van der Waals surface area contributed by atoms with Gasteiger partial charge in [-0.2, -0.15) is 21.6 Å². The molecule has 4 heterocycles. The molecule has 1 fully saturated rings. The highest BCUT2D eigenvalue weighted by Crippen LogP contribution is 2.66. The van der Waals surface area contributed by atoms with Gasteiger partial charge in [0.05, 0.1) is 28.1 Å². The van der Waals surface area contributed by atoms with Crippen molar-refractivity contribution in [3.8, 4) is 0 Å². The van der Waals surface area contributed by atoms with Crippen molar-refractivity contribution in [1.29, 1.82) is 0 Å². The fraction of sp³-hybridized carbons (Fsp3) is 0.511. The predicted molar refractivity (Wildman–Crippen MR) is 290 cm³/mol. The molecule has 2 aromatic heterocycles. The molecule has 2 aliphatic heterocycles. The first-order valence-corrected chi connectivity index (χ1v) is 32.8. The Morgan fingerprint density at radius 1 is 0.925 bits per heavy atom. The number of nitrogen functional groups attached to an aromatic ring is 1. The van der Waals surface area contributed by atoms with Crippen LogP contribution in [0.3, 0.4) is 0 Å². The second-order valence-electron chi connectivity index (χ2n) is 19.6. The summed E-state index contributed by atoms with van der Waals surface area (Å²) in [7, 11) is -25.5. The van der Waals surface area contributed by atoms with Gasteiger partial charge in [-0.3, -0.25) is 18.4 Å². The van der Waals surface area contributed by atoms with Gasteiger partial charge in [0, 0.05) is 61.6 Å². The number of benzene rings is 2. The highest BCUT2D eigenvalue weighted by molar-refractivity contribution is 7.86. The molecule has 33 heteroatoms. The van der Waals surface area contributed by atoms with Crippen molar-refractivity contribution in [2.45, 2.75) is 126 Å². The minimum Gasteiger partial charge on any atom is -0.744 e. The van der Waals surface area contributed by atoms with Crippen LogP contribution in [0.5, 0.6) is 0 Å². The number of anilines is 2. The third-order valence-electron chi connectivity index (χ3n) is 13.2. The molecule has 0 saturated carbocycles. The fourth-order valence-electron chi connectivity index (χ4n) is 9.23. The highest BCUT2D eigenvalue weighted by atomic mass is 32.2. The number of carbonyl (C=O) groups excluding carboxylic acids is 1. The number of rotatable bonds is 30. The molecule has 442 valence electrons. The molecule has 0 radical (unpaired) electrons. The maximum Gasteiger partial charge on any atom is 0.489 e. The average Bonchev–Trinajstić information content (AvgIpc) is 3.98. The van der Waals surface area contributed by atoms with E-state index in [1.54, 1.807) is 18.2 Å². The Labute approximate surface area is 463 Å². The molecule has 6 rings (SSSR count). The first-order valence-electron chi connectivity index (χ1n) is 25.4. The molecular weight excluding hydrogens is 1150 g/mol. The van der Waals surface area contributed by atoms with Crippen LogP contribution in [0.15, 0.2) is 88.8 Å². The molecule has 1 amide bonds. The Hall–Kier alpha value is -4.68. The number of hydrogen-bond acceptors (Lipinski definition) is 20. The number of aliphatic hydroxyl groups is 2. The molecule has 28 nitrogen and oxygen atoms in total. The molecule has 4 aromatic rings. The Morgan fingerprint density at radius 3 is 2.24 bits per heavy atom. The largest absolute Gasteiger partial charge is 0.744 e. The summed E-state index contributed by atoms with van der Waals surface area (Å²) in [5, 5.41) is 26.0. The van der Waals surface area contributed by atoms with Gasteiger partial charge in [-0.1, -0.05) is 32.8 Å². The van der Waals surface area contributed by atoms with Crippen LogP contribution in [0.25, 0.3) is 11.2 Å². The van der Waals surface area contributed by atoms with Crippen molar-refractivity contribution < 1.29 is 91.8 Å². The second-order valence-corrected chi connectivity index (χ2v) is 27.2. The summed E-state index contributed by atoms with van der Waals surface area (Å²) in [6, 6.07) is 10.2. The number of aromatic nitrogens is 4. The van der Waals surface area contributed by atoms with Crippen molar-refractivity contribution in [3.63, 3.8) is 0 Å². The highest BCUT2D eigenvalue weighted by Gasteiger charge is 2.48. The third-order valence-corrected chi connectivity index (χ3v) is 19.3. The van der Waals surface area contributed by atoms with E-state index < -0.39 is 80.2 Å². The van der Waals surface area contributed by atoms with Gasteiger partial charge in [0.15, 0.2) is 23.4 Å². The summed E-state index contributed by atoms with van der Waals surface area (Å²) < 4.78 is 128. The number of aliphatic hydroxyl groups excluding tert-OH is 2. The van der Waals surface area contributed by atoms with Crippen molar-refractivity contribution in [2.24, 2.45) is 5.92 Å². The van der Waals surface area contributed by atoms with E-state index in [2.05, 4.69) is 43.1 Å². The van der Waals surface area contributed by atoms with Gasteiger partial charge < -0.3 is 50.1 Å². The zero-order chi connectivity index (χ0) is 59.0. The number of phosphoric ester groups is 1. The summed E-state index contributed by atoms with van der Waals surface area (Å²) in [6.45, 7) is 10.2. The van der Waals surface area contributed by atoms with Crippen LogP contribution in [0, 0.1) is 5.92 Å². The number of unbranched alkanes of at least 4 members (excludes halogenated alkanes) is 5. The van der Waals surface area contributed by atoms with E-state index in [1.165, 1.54) is 35.2 Å². The first kappa shape index (κ1) is 64.5. The Bertz CT molecular complexity index is 3340. The van der Waals surface area contributed by atoms with E-state index in [-0.39, 0.29) is 58.0 Å². The number of nitrogens with two attached hydrogens (primary N) is 1. The molecule has 0 spiro atoms. The lowest BCUT2D eigenvalue weighted by Gasteiger charge is -2.29. The molecular formula is C47H68N9O19P3S2. The van der Waals surface area contributed by atoms with Gasteiger partial charge in [-0.15, -0.1) is 0 Å². The van der Waals surface area contributed by atoms with Crippen LogP contribution in [-0.2, 0) is 62.0 Å². The van der Waals surface area contributed by atoms with E-state index in [0.29, 0.717) is 69.4 Å². The summed E-state index contributed by atoms with van der Waals surface area (Å²) >= 11 is 0. The number of imidazole rings is 1. The normalized spacial score (nSPS) is 21.0. The fourth-order valence-corrected chi connectivity index (χ4v) is 13.9. The van der Waals surface area contributed by atoms with Crippen molar-refractivity contribution in [1.82, 2.24) is 29.9 Å². The van der Waals surface area contributed by atoms with Crippen molar-refractivity contribution in [2.75, 3.05) is 43.4 Å². The zero-order valence-corrected chi connectivity index (χ0v) is 48.7.